The first-order valence-corrected chi connectivity index (χ1v) is 10.3. The summed E-state index contributed by atoms with van der Waals surface area (Å²) in [6, 6.07) is 12.4. The fourth-order valence-electron chi connectivity index (χ4n) is 2.80. The van der Waals surface area contributed by atoms with E-state index in [2.05, 4.69) is 10.3 Å². The molecule has 0 spiro atoms. The molecule has 0 fully saturated rings. The molecule has 0 radical (unpaired) electrons. The van der Waals surface area contributed by atoms with Gasteiger partial charge in [-0.25, -0.2) is 4.98 Å². The summed E-state index contributed by atoms with van der Waals surface area (Å²) < 4.78 is 10.6. The predicted molar refractivity (Wildman–Crippen MR) is 116 cm³/mol. The van der Waals surface area contributed by atoms with E-state index >= 15 is 0 Å². The average Bonchev–Trinajstić information content (AvgIpc) is 3.37. The molecule has 3 aromatic rings. The number of amides is 1. The van der Waals surface area contributed by atoms with Gasteiger partial charge in [-0.05, 0) is 47.5 Å². The van der Waals surface area contributed by atoms with Crippen LogP contribution in [0.3, 0.4) is 0 Å². The molecule has 0 unspecified atom stereocenters. The van der Waals surface area contributed by atoms with Crippen molar-refractivity contribution in [2.75, 3.05) is 12.1 Å². The Balaban J connectivity index is 1.46. The largest absolute Gasteiger partial charge is 0.454 e. The fourth-order valence-corrected chi connectivity index (χ4v) is 4.01. The molecular weight excluding hydrogens is 445 g/mol. The number of rotatable bonds is 5. The van der Waals surface area contributed by atoms with Crippen LogP contribution in [0.5, 0.6) is 11.5 Å². The van der Waals surface area contributed by atoms with Crippen molar-refractivity contribution >= 4 is 51.7 Å². The SMILES string of the molecule is N#C/C(=C/c1ccc2c(c1)OCO2)C(=O)Nc1ncc(Cc2cc(Cl)ccc2Cl)s1. The zero-order chi connectivity index (χ0) is 21.1. The van der Waals surface area contributed by atoms with Gasteiger partial charge in [-0.1, -0.05) is 29.3 Å². The maximum absolute atomic E-state index is 12.5. The number of nitrogens with zero attached hydrogens (tertiary/aromatic N) is 2. The molecule has 1 aromatic heterocycles. The summed E-state index contributed by atoms with van der Waals surface area (Å²) in [5.41, 5.74) is 1.47. The highest BCUT2D eigenvalue weighted by molar-refractivity contribution is 7.15. The van der Waals surface area contributed by atoms with Gasteiger partial charge in [0.25, 0.3) is 5.91 Å². The van der Waals surface area contributed by atoms with E-state index in [0.717, 1.165) is 10.4 Å². The van der Waals surface area contributed by atoms with Crippen molar-refractivity contribution in [2.24, 2.45) is 0 Å². The first-order valence-electron chi connectivity index (χ1n) is 8.73. The summed E-state index contributed by atoms with van der Waals surface area (Å²) >= 11 is 13.5. The van der Waals surface area contributed by atoms with Crippen LogP contribution in [0.4, 0.5) is 5.13 Å². The van der Waals surface area contributed by atoms with Gasteiger partial charge in [0.15, 0.2) is 16.6 Å². The number of ether oxygens (including phenoxy) is 2. The van der Waals surface area contributed by atoms with E-state index in [9.17, 15) is 10.1 Å². The molecule has 4 rings (SSSR count). The first kappa shape index (κ1) is 20.2. The Hall–Kier alpha value is -3.05. The molecule has 1 amide bonds. The van der Waals surface area contributed by atoms with Gasteiger partial charge in [0, 0.05) is 27.5 Å². The third-order valence-electron chi connectivity index (χ3n) is 4.22. The highest BCUT2D eigenvalue weighted by atomic mass is 35.5. The van der Waals surface area contributed by atoms with Crippen LogP contribution in [0.15, 0.2) is 48.2 Å². The molecule has 6 nitrogen and oxygen atoms in total. The Morgan fingerprint density at radius 3 is 2.90 bits per heavy atom. The van der Waals surface area contributed by atoms with Crippen molar-refractivity contribution < 1.29 is 14.3 Å². The highest BCUT2D eigenvalue weighted by Gasteiger charge is 2.16. The van der Waals surface area contributed by atoms with Gasteiger partial charge in [0.1, 0.15) is 11.6 Å². The van der Waals surface area contributed by atoms with Gasteiger partial charge in [-0.2, -0.15) is 5.26 Å². The number of nitrogens with one attached hydrogen (secondary N) is 1. The second-order valence-electron chi connectivity index (χ2n) is 6.28. The number of carbonyl (C=O) groups is 1. The van der Waals surface area contributed by atoms with Crippen LogP contribution in [0.2, 0.25) is 10.0 Å². The number of anilines is 1. The van der Waals surface area contributed by atoms with Crippen LogP contribution < -0.4 is 14.8 Å². The third-order valence-corrected chi connectivity index (χ3v) is 5.74. The van der Waals surface area contributed by atoms with E-state index in [0.29, 0.717) is 38.7 Å². The van der Waals surface area contributed by atoms with Crippen LogP contribution in [-0.2, 0) is 11.2 Å². The fraction of sp³-hybridized carbons (Fsp3) is 0.0952. The van der Waals surface area contributed by atoms with Crippen molar-refractivity contribution in [3.8, 4) is 17.6 Å². The molecular formula is C21H13Cl2N3O3S. The van der Waals surface area contributed by atoms with E-state index in [1.807, 2.05) is 6.07 Å². The molecule has 9 heteroatoms. The summed E-state index contributed by atoms with van der Waals surface area (Å²) in [4.78, 5) is 17.6. The summed E-state index contributed by atoms with van der Waals surface area (Å²) in [5, 5.41) is 13.7. The number of thiazole rings is 1. The van der Waals surface area contributed by atoms with Crippen molar-refractivity contribution in [3.05, 3.63) is 74.2 Å². The van der Waals surface area contributed by atoms with E-state index in [1.54, 1.807) is 42.6 Å². The Bertz CT molecular complexity index is 1200. The van der Waals surface area contributed by atoms with Crippen LogP contribution in [0, 0.1) is 11.3 Å². The lowest BCUT2D eigenvalue weighted by Crippen LogP contribution is -2.13. The van der Waals surface area contributed by atoms with E-state index in [-0.39, 0.29) is 12.4 Å². The summed E-state index contributed by atoms with van der Waals surface area (Å²) in [6.07, 6.45) is 3.67. The summed E-state index contributed by atoms with van der Waals surface area (Å²) in [6.45, 7) is 0.154. The average molecular weight is 458 g/mol. The van der Waals surface area contributed by atoms with Crippen LogP contribution in [0.25, 0.3) is 6.08 Å². The Labute approximate surface area is 186 Å². The molecule has 2 aromatic carbocycles. The first-order chi connectivity index (χ1) is 14.5. The minimum atomic E-state index is -0.545. The normalized spacial score (nSPS) is 12.5. The molecule has 150 valence electrons. The highest BCUT2D eigenvalue weighted by Crippen LogP contribution is 2.33. The molecule has 0 aliphatic carbocycles. The number of halogens is 2. The number of benzene rings is 2. The number of nitriles is 1. The van der Waals surface area contributed by atoms with Crippen molar-refractivity contribution in [1.82, 2.24) is 4.98 Å². The number of carbonyl (C=O) groups excluding carboxylic acids is 1. The smallest absolute Gasteiger partial charge is 0.268 e. The van der Waals surface area contributed by atoms with Crippen LogP contribution in [0.1, 0.15) is 16.0 Å². The zero-order valence-electron chi connectivity index (χ0n) is 15.3. The second-order valence-corrected chi connectivity index (χ2v) is 8.24. The molecule has 0 atom stereocenters. The van der Waals surface area contributed by atoms with Crippen LogP contribution in [-0.4, -0.2) is 17.7 Å². The summed E-state index contributed by atoms with van der Waals surface area (Å²) in [5.74, 6) is 0.660. The predicted octanol–water partition coefficient (Wildman–Crippen LogP) is 5.32. The van der Waals surface area contributed by atoms with Crippen molar-refractivity contribution in [2.45, 2.75) is 6.42 Å². The maximum Gasteiger partial charge on any atom is 0.268 e. The molecule has 2 heterocycles. The van der Waals surface area contributed by atoms with E-state index < -0.39 is 5.91 Å². The Kier molecular flexibility index (Phi) is 5.91. The van der Waals surface area contributed by atoms with Gasteiger partial charge in [-0.3, -0.25) is 10.1 Å². The van der Waals surface area contributed by atoms with Gasteiger partial charge < -0.3 is 9.47 Å². The lowest BCUT2D eigenvalue weighted by molar-refractivity contribution is -0.112. The number of fused-ring (bicyclic) bond motifs is 1. The van der Waals surface area contributed by atoms with Crippen molar-refractivity contribution in [1.29, 1.82) is 5.26 Å². The Morgan fingerprint density at radius 2 is 2.07 bits per heavy atom. The number of hydrogen-bond donors (Lipinski definition) is 1. The van der Waals surface area contributed by atoms with Crippen molar-refractivity contribution in [3.63, 3.8) is 0 Å². The zero-order valence-corrected chi connectivity index (χ0v) is 17.6. The minimum absolute atomic E-state index is 0.0523. The minimum Gasteiger partial charge on any atom is -0.454 e. The molecule has 1 aliphatic heterocycles. The van der Waals surface area contributed by atoms with Crippen LogP contribution >= 0.6 is 34.5 Å². The maximum atomic E-state index is 12.5. The standard InChI is InChI=1S/C21H13Cl2N3O3S/c22-15-2-3-17(23)13(7-15)8-16-10-25-21(30-16)26-20(27)14(9-24)5-12-1-4-18-19(6-12)29-11-28-18/h1-7,10H,8,11H2,(H,25,26,27)/b14-5-. The quantitative estimate of drug-likeness (QED) is 0.414. The van der Waals surface area contributed by atoms with Gasteiger partial charge >= 0.3 is 0 Å². The summed E-state index contributed by atoms with van der Waals surface area (Å²) in [7, 11) is 0. The number of aromatic nitrogens is 1. The molecule has 30 heavy (non-hydrogen) atoms. The Morgan fingerprint density at radius 1 is 1.23 bits per heavy atom. The molecule has 0 saturated carbocycles. The second kappa shape index (κ2) is 8.76. The van der Waals surface area contributed by atoms with Gasteiger partial charge in [0.2, 0.25) is 6.79 Å². The topological polar surface area (TPSA) is 84.2 Å². The lowest BCUT2D eigenvalue weighted by atomic mass is 10.1. The molecule has 0 saturated heterocycles. The van der Waals surface area contributed by atoms with Gasteiger partial charge in [-0.15, -0.1) is 11.3 Å². The monoisotopic (exact) mass is 457 g/mol. The molecule has 1 aliphatic rings. The van der Waals surface area contributed by atoms with E-state index in [1.165, 1.54) is 17.4 Å². The molecule has 0 bridgehead atoms. The molecule has 1 N–H and O–H groups in total. The third kappa shape index (κ3) is 4.57. The van der Waals surface area contributed by atoms with E-state index in [4.69, 9.17) is 32.7 Å². The number of hydrogen-bond acceptors (Lipinski definition) is 6. The van der Waals surface area contributed by atoms with Gasteiger partial charge in [0.05, 0.1) is 0 Å². The lowest BCUT2D eigenvalue weighted by Gasteiger charge is -2.03.